The van der Waals surface area contributed by atoms with E-state index in [-0.39, 0.29) is 0 Å². The zero-order valence-electron chi connectivity index (χ0n) is 18.6. The summed E-state index contributed by atoms with van der Waals surface area (Å²) in [5.74, 6) is 3.28. The van der Waals surface area contributed by atoms with E-state index in [4.69, 9.17) is 19.8 Å². The van der Waals surface area contributed by atoms with Gasteiger partial charge in [-0.15, -0.1) is 0 Å². The van der Waals surface area contributed by atoms with E-state index >= 15 is 0 Å². The molecule has 4 aromatic rings. The van der Waals surface area contributed by atoms with Crippen molar-refractivity contribution in [3.63, 3.8) is 0 Å². The maximum atomic E-state index is 6.21. The van der Waals surface area contributed by atoms with Gasteiger partial charge in [-0.2, -0.15) is 15.1 Å². The molecule has 2 fully saturated rings. The van der Waals surface area contributed by atoms with Crippen molar-refractivity contribution in [3.8, 4) is 11.8 Å². The molecule has 0 aliphatic heterocycles. The molecule has 6 heteroatoms. The Morgan fingerprint density at radius 2 is 1.76 bits per heavy atom. The third kappa shape index (κ3) is 3.63. The first-order chi connectivity index (χ1) is 16.3. The smallest absolute Gasteiger partial charge is 0.324 e. The quantitative estimate of drug-likeness (QED) is 0.375. The number of benzene rings is 2. The summed E-state index contributed by atoms with van der Waals surface area (Å²) in [6.45, 7) is 0. The number of rotatable bonds is 6. The Bertz CT molecular complexity index is 1320. The summed E-state index contributed by atoms with van der Waals surface area (Å²) in [4.78, 5) is 9.56. The number of nitrogens with zero attached hydrogens (tertiary/aromatic N) is 4. The fourth-order valence-electron chi connectivity index (χ4n) is 4.98. The number of ether oxygens (including phenoxy) is 1. The highest BCUT2D eigenvalue weighted by Crippen LogP contribution is 2.47. The van der Waals surface area contributed by atoms with Gasteiger partial charge in [0.15, 0.2) is 0 Å². The third-order valence-corrected chi connectivity index (χ3v) is 7.08. The van der Waals surface area contributed by atoms with Crippen LogP contribution in [-0.4, -0.2) is 19.7 Å². The highest BCUT2D eigenvalue weighted by molar-refractivity contribution is 5.91. The molecule has 2 saturated carbocycles. The summed E-state index contributed by atoms with van der Waals surface area (Å²) in [6, 6.07) is 15.4. The molecule has 0 spiro atoms. The second kappa shape index (κ2) is 7.58. The minimum absolute atomic E-state index is 0.373. The van der Waals surface area contributed by atoms with Crippen LogP contribution < -0.4 is 10.1 Å². The number of aryl methyl sites for hydroxylation is 2. The van der Waals surface area contributed by atoms with E-state index in [2.05, 4.69) is 28.2 Å². The molecular weight excluding hydrogens is 410 g/mol. The van der Waals surface area contributed by atoms with Crippen LogP contribution in [0.1, 0.15) is 67.2 Å². The Morgan fingerprint density at radius 1 is 0.909 bits per heavy atom. The van der Waals surface area contributed by atoms with Gasteiger partial charge in [-0.05, 0) is 92.7 Å². The normalized spacial score (nSPS) is 17.7. The molecule has 3 aliphatic carbocycles. The molecule has 7 rings (SSSR count). The number of hydrogen-bond donors (Lipinski definition) is 1. The number of para-hydroxylation sites is 1. The van der Waals surface area contributed by atoms with Crippen LogP contribution in [0.5, 0.6) is 11.8 Å². The Balaban J connectivity index is 1.27. The number of anilines is 2. The number of fused-ring (bicyclic) bond motifs is 2. The van der Waals surface area contributed by atoms with E-state index in [1.165, 1.54) is 55.2 Å². The highest BCUT2D eigenvalue weighted by Gasteiger charge is 2.34. The van der Waals surface area contributed by atoms with E-state index in [0.717, 1.165) is 41.1 Å². The minimum atomic E-state index is 0.373. The Labute approximate surface area is 193 Å². The lowest BCUT2D eigenvalue weighted by Crippen LogP contribution is -2.07. The molecule has 0 unspecified atom stereocenters. The molecule has 0 amide bonds. The average Bonchev–Trinajstić information content (AvgIpc) is 3.78. The predicted molar refractivity (Wildman–Crippen MR) is 128 cm³/mol. The molecule has 2 aromatic heterocycles. The first-order valence-electron chi connectivity index (χ1n) is 12.2. The van der Waals surface area contributed by atoms with Crippen LogP contribution in [0.15, 0.2) is 48.7 Å². The average molecular weight is 438 g/mol. The Morgan fingerprint density at radius 3 is 2.61 bits per heavy atom. The van der Waals surface area contributed by atoms with Gasteiger partial charge in [-0.3, -0.25) is 0 Å². The second-order valence-corrected chi connectivity index (χ2v) is 9.64. The molecule has 2 heterocycles. The van der Waals surface area contributed by atoms with Gasteiger partial charge in [-0.1, -0.05) is 18.2 Å². The lowest BCUT2D eigenvalue weighted by atomic mass is 9.92. The van der Waals surface area contributed by atoms with Crippen molar-refractivity contribution >= 4 is 22.5 Å². The molecule has 0 radical (unpaired) electrons. The van der Waals surface area contributed by atoms with Crippen LogP contribution in [0.4, 0.5) is 11.6 Å². The van der Waals surface area contributed by atoms with E-state index in [0.29, 0.717) is 18.0 Å². The van der Waals surface area contributed by atoms with Crippen molar-refractivity contribution in [3.05, 3.63) is 65.4 Å². The largest absolute Gasteiger partial charge is 0.424 e. The monoisotopic (exact) mass is 437 g/mol. The molecule has 33 heavy (non-hydrogen) atoms. The summed E-state index contributed by atoms with van der Waals surface area (Å²) in [5.41, 5.74) is 5.01. The van der Waals surface area contributed by atoms with Crippen molar-refractivity contribution < 1.29 is 4.74 Å². The van der Waals surface area contributed by atoms with Crippen molar-refractivity contribution in [1.29, 1.82) is 0 Å². The number of hydrogen-bond acceptors (Lipinski definition) is 5. The van der Waals surface area contributed by atoms with Gasteiger partial charge in [0.1, 0.15) is 17.4 Å². The zero-order valence-corrected chi connectivity index (χ0v) is 18.6. The Kier molecular flexibility index (Phi) is 4.38. The lowest BCUT2D eigenvalue weighted by molar-refractivity contribution is 0.443. The standard InChI is InChI=1S/C27H27N5O/c1-2-6-19-15-21(14-11-17(19)5-1)33-27-29-24-8-4-3-7-22(24)25(31-27)30-26-23(18-9-10-18)16-28-32(26)20-12-13-20/h3-4,7-8,11,14-16,18,20H,1-2,5-6,9-10,12-13H2,(H,29,30,31). The van der Waals surface area contributed by atoms with Crippen LogP contribution in [0, 0.1) is 0 Å². The van der Waals surface area contributed by atoms with Gasteiger partial charge < -0.3 is 10.1 Å². The topological polar surface area (TPSA) is 64.9 Å². The predicted octanol–water partition coefficient (Wildman–Crippen LogP) is 6.45. The first-order valence-corrected chi connectivity index (χ1v) is 12.2. The van der Waals surface area contributed by atoms with Crippen LogP contribution >= 0.6 is 0 Å². The van der Waals surface area contributed by atoms with Crippen molar-refractivity contribution in [2.24, 2.45) is 0 Å². The van der Waals surface area contributed by atoms with Crippen LogP contribution in [-0.2, 0) is 12.8 Å². The second-order valence-electron chi connectivity index (χ2n) is 9.64. The fourth-order valence-corrected chi connectivity index (χ4v) is 4.98. The molecule has 3 aliphatic rings. The molecule has 0 bridgehead atoms. The van der Waals surface area contributed by atoms with Gasteiger partial charge in [-0.25, -0.2) is 4.68 Å². The van der Waals surface area contributed by atoms with Gasteiger partial charge in [0.25, 0.3) is 0 Å². The molecule has 0 atom stereocenters. The summed E-state index contributed by atoms with van der Waals surface area (Å²) in [7, 11) is 0. The third-order valence-electron chi connectivity index (χ3n) is 7.08. The van der Waals surface area contributed by atoms with Gasteiger partial charge >= 0.3 is 6.01 Å². The molecule has 6 nitrogen and oxygen atoms in total. The minimum Gasteiger partial charge on any atom is -0.424 e. The van der Waals surface area contributed by atoms with Crippen LogP contribution in [0.3, 0.4) is 0 Å². The van der Waals surface area contributed by atoms with E-state index in [1.807, 2.05) is 30.5 Å². The fraction of sp³-hybridized carbons (Fsp3) is 0.370. The van der Waals surface area contributed by atoms with Gasteiger partial charge in [0, 0.05) is 10.9 Å². The maximum absolute atomic E-state index is 6.21. The molecule has 2 aromatic carbocycles. The van der Waals surface area contributed by atoms with Crippen molar-refractivity contribution in [2.75, 3.05) is 5.32 Å². The summed E-state index contributed by atoms with van der Waals surface area (Å²) < 4.78 is 8.37. The maximum Gasteiger partial charge on any atom is 0.324 e. The molecule has 1 N–H and O–H groups in total. The summed E-state index contributed by atoms with van der Waals surface area (Å²) >= 11 is 0. The molecular formula is C27H27N5O. The Hall–Kier alpha value is -3.41. The van der Waals surface area contributed by atoms with E-state index in [1.54, 1.807) is 0 Å². The van der Waals surface area contributed by atoms with Crippen molar-refractivity contribution in [1.82, 2.24) is 19.7 Å². The van der Waals surface area contributed by atoms with Crippen LogP contribution in [0.2, 0.25) is 0 Å². The van der Waals surface area contributed by atoms with E-state index < -0.39 is 0 Å². The number of aromatic nitrogens is 4. The van der Waals surface area contributed by atoms with E-state index in [9.17, 15) is 0 Å². The van der Waals surface area contributed by atoms with Gasteiger partial charge in [0.2, 0.25) is 0 Å². The summed E-state index contributed by atoms with van der Waals surface area (Å²) in [6.07, 6.45) is 11.7. The molecule has 166 valence electrons. The lowest BCUT2D eigenvalue weighted by Gasteiger charge is -2.17. The van der Waals surface area contributed by atoms with Crippen molar-refractivity contribution in [2.45, 2.75) is 63.3 Å². The van der Waals surface area contributed by atoms with Gasteiger partial charge in [0.05, 0.1) is 17.8 Å². The molecule has 0 saturated heterocycles. The van der Waals surface area contributed by atoms with Crippen LogP contribution in [0.25, 0.3) is 10.9 Å². The number of nitrogens with one attached hydrogen (secondary N) is 1. The SMILES string of the molecule is c1ccc2c(Nc3c(C4CC4)cnn3C3CC3)nc(Oc3ccc4c(c3)CCCC4)nc2c1. The zero-order chi connectivity index (χ0) is 21.8. The summed E-state index contributed by atoms with van der Waals surface area (Å²) in [5, 5.41) is 9.37. The highest BCUT2D eigenvalue weighted by atomic mass is 16.5. The first kappa shape index (κ1) is 19.1.